The molecule has 1 aliphatic carbocycles. The van der Waals surface area contributed by atoms with Crippen molar-refractivity contribution in [2.45, 2.75) is 63.3 Å². The second-order valence-electron chi connectivity index (χ2n) is 9.06. The Kier molecular flexibility index (Phi) is 4.56. The molecule has 4 aliphatic rings. The molecule has 0 aromatic carbocycles. The Bertz CT molecular complexity index is 726. The first-order chi connectivity index (χ1) is 13.2. The van der Waals surface area contributed by atoms with Gasteiger partial charge in [-0.2, -0.15) is 0 Å². The molecule has 2 bridgehead atoms. The van der Waals surface area contributed by atoms with Crippen molar-refractivity contribution >= 4 is 17.9 Å². The molecular weight excluding hydrogens is 364 g/mol. The molecule has 3 aliphatic heterocycles. The molecule has 4 unspecified atom stereocenters. The first kappa shape index (κ1) is 19.4. The number of esters is 3. The van der Waals surface area contributed by atoms with Gasteiger partial charge in [-0.15, -0.1) is 0 Å². The number of methoxy groups -OCH3 is 1. The minimum Gasteiger partial charge on any atom is -0.469 e. The summed E-state index contributed by atoms with van der Waals surface area (Å²) in [6.45, 7) is 8.49. The number of hydrogen-bond acceptors (Lipinski definition) is 7. The van der Waals surface area contributed by atoms with Crippen LogP contribution in [0.5, 0.6) is 0 Å². The third kappa shape index (κ3) is 2.86. The first-order valence-corrected chi connectivity index (χ1v) is 9.99. The Morgan fingerprint density at radius 3 is 2.64 bits per heavy atom. The highest BCUT2D eigenvalue weighted by Gasteiger charge is 2.63. The van der Waals surface area contributed by atoms with Crippen LogP contribution in [-0.2, 0) is 33.3 Å². The van der Waals surface area contributed by atoms with Crippen LogP contribution < -0.4 is 0 Å². The van der Waals surface area contributed by atoms with Gasteiger partial charge in [0.25, 0.3) is 0 Å². The largest absolute Gasteiger partial charge is 0.469 e. The van der Waals surface area contributed by atoms with Gasteiger partial charge < -0.3 is 18.9 Å². The van der Waals surface area contributed by atoms with Crippen LogP contribution >= 0.6 is 0 Å². The Morgan fingerprint density at radius 2 is 2.00 bits per heavy atom. The Labute approximate surface area is 164 Å². The fourth-order valence-electron chi connectivity index (χ4n) is 5.95. The van der Waals surface area contributed by atoms with Gasteiger partial charge in [-0.25, -0.2) is 0 Å². The lowest BCUT2D eigenvalue weighted by atomic mass is 9.55. The van der Waals surface area contributed by atoms with Crippen LogP contribution in [0.25, 0.3) is 0 Å². The zero-order valence-electron chi connectivity index (χ0n) is 16.7. The molecule has 0 aromatic heterocycles. The van der Waals surface area contributed by atoms with Crippen molar-refractivity contribution in [1.82, 2.24) is 0 Å². The van der Waals surface area contributed by atoms with Gasteiger partial charge in [-0.1, -0.05) is 6.58 Å². The zero-order valence-corrected chi connectivity index (χ0v) is 16.7. The predicted molar refractivity (Wildman–Crippen MR) is 96.9 cm³/mol. The minimum absolute atomic E-state index is 0.0458. The van der Waals surface area contributed by atoms with Crippen molar-refractivity contribution < 1.29 is 33.3 Å². The van der Waals surface area contributed by atoms with Crippen LogP contribution in [0, 0.1) is 23.7 Å². The van der Waals surface area contributed by atoms with Crippen molar-refractivity contribution in [3.05, 3.63) is 12.2 Å². The van der Waals surface area contributed by atoms with Crippen molar-refractivity contribution in [3.8, 4) is 0 Å². The average molecular weight is 392 g/mol. The molecule has 3 heterocycles. The van der Waals surface area contributed by atoms with E-state index in [-0.39, 0.29) is 54.4 Å². The van der Waals surface area contributed by atoms with Crippen LogP contribution in [-0.4, -0.2) is 48.9 Å². The summed E-state index contributed by atoms with van der Waals surface area (Å²) >= 11 is 0. The zero-order chi connectivity index (χ0) is 20.3. The van der Waals surface area contributed by atoms with E-state index < -0.39 is 17.3 Å². The van der Waals surface area contributed by atoms with Gasteiger partial charge in [-0.05, 0) is 44.1 Å². The molecule has 4 rings (SSSR count). The van der Waals surface area contributed by atoms with E-state index in [0.29, 0.717) is 13.0 Å². The van der Waals surface area contributed by atoms with E-state index in [0.717, 1.165) is 18.4 Å². The van der Waals surface area contributed by atoms with Crippen molar-refractivity contribution in [1.29, 1.82) is 0 Å². The molecule has 0 radical (unpaired) electrons. The molecule has 1 saturated carbocycles. The van der Waals surface area contributed by atoms with E-state index in [2.05, 4.69) is 6.58 Å². The van der Waals surface area contributed by atoms with Crippen LogP contribution in [0.3, 0.4) is 0 Å². The summed E-state index contributed by atoms with van der Waals surface area (Å²) in [7, 11) is 1.35. The maximum absolute atomic E-state index is 12.2. The Balaban J connectivity index is 1.74. The maximum Gasteiger partial charge on any atom is 0.309 e. The van der Waals surface area contributed by atoms with E-state index >= 15 is 0 Å². The smallest absolute Gasteiger partial charge is 0.309 e. The SMILES string of the molecule is C=C1C2CCC3COC(=O)C[C@]13O[C@@H](CC(=O)OC)C2C1CC(=O)OC1(C)C. The molecule has 7 heteroatoms. The van der Waals surface area contributed by atoms with E-state index in [1.165, 1.54) is 7.11 Å². The Morgan fingerprint density at radius 1 is 1.25 bits per heavy atom. The quantitative estimate of drug-likeness (QED) is 0.413. The standard InChI is InChI=1S/C21H28O7/c1-11-13-6-5-12-10-26-18(24)9-21(11,12)27-15(8-16(22)25-4)19(13)14-7-17(23)28-20(14,2)3/h12-15,19H,1,5-10H2,2-4H3/t12?,13?,14?,15-,19?,21-/m0/s1. The number of ether oxygens (including phenoxy) is 4. The summed E-state index contributed by atoms with van der Waals surface area (Å²) in [5.74, 6) is -0.983. The van der Waals surface area contributed by atoms with Crippen LogP contribution in [0.4, 0.5) is 0 Å². The van der Waals surface area contributed by atoms with Crippen molar-refractivity contribution in [3.63, 3.8) is 0 Å². The molecule has 28 heavy (non-hydrogen) atoms. The first-order valence-electron chi connectivity index (χ1n) is 9.99. The van der Waals surface area contributed by atoms with Gasteiger partial charge in [0.2, 0.25) is 0 Å². The molecule has 154 valence electrons. The van der Waals surface area contributed by atoms with E-state index in [1.54, 1.807) is 0 Å². The summed E-state index contributed by atoms with van der Waals surface area (Å²) in [6, 6.07) is 0. The average Bonchev–Trinajstić information content (AvgIpc) is 2.88. The lowest BCUT2D eigenvalue weighted by Gasteiger charge is -2.59. The van der Waals surface area contributed by atoms with Crippen LogP contribution in [0.15, 0.2) is 12.2 Å². The third-order valence-corrected chi connectivity index (χ3v) is 7.30. The lowest BCUT2D eigenvalue weighted by Crippen LogP contribution is -2.63. The van der Waals surface area contributed by atoms with Gasteiger partial charge in [0.05, 0.1) is 39.1 Å². The number of hydrogen-bond donors (Lipinski definition) is 0. The van der Waals surface area contributed by atoms with Crippen LogP contribution in [0.1, 0.15) is 46.0 Å². The summed E-state index contributed by atoms with van der Waals surface area (Å²) in [6.07, 6.45) is 1.77. The van der Waals surface area contributed by atoms with E-state index in [1.807, 2.05) is 13.8 Å². The van der Waals surface area contributed by atoms with Gasteiger partial charge >= 0.3 is 17.9 Å². The molecule has 6 atom stereocenters. The minimum atomic E-state index is -0.791. The monoisotopic (exact) mass is 392 g/mol. The molecule has 4 fully saturated rings. The molecule has 0 N–H and O–H groups in total. The lowest BCUT2D eigenvalue weighted by molar-refractivity contribution is -0.229. The second kappa shape index (κ2) is 6.58. The fraction of sp³-hybridized carbons (Fsp3) is 0.762. The summed E-state index contributed by atoms with van der Waals surface area (Å²) in [5.41, 5.74) is -0.533. The number of rotatable bonds is 3. The third-order valence-electron chi connectivity index (χ3n) is 7.30. The number of carbonyl (C=O) groups is 3. The van der Waals surface area contributed by atoms with E-state index in [9.17, 15) is 14.4 Å². The normalized spacial score (nSPS) is 41.7. The summed E-state index contributed by atoms with van der Waals surface area (Å²) in [5, 5.41) is 0. The highest BCUT2D eigenvalue weighted by molar-refractivity contribution is 5.74. The topological polar surface area (TPSA) is 88.1 Å². The van der Waals surface area contributed by atoms with Crippen molar-refractivity contribution in [2.75, 3.05) is 13.7 Å². The van der Waals surface area contributed by atoms with Gasteiger partial charge in [-0.3, -0.25) is 14.4 Å². The maximum atomic E-state index is 12.2. The molecule has 1 spiro atoms. The summed E-state index contributed by atoms with van der Waals surface area (Å²) < 4.78 is 22.4. The molecule has 0 amide bonds. The second-order valence-corrected chi connectivity index (χ2v) is 9.06. The number of fused-ring (bicyclic) bond motifs is 1. The highest BCUT2D eigenvalue weighted by atomic mass is 16.6. The molecule has 0 aromatic rings. The molecular formula is C21H28O7. The predicted octanol–water partition coefficient (Wildman–Crippen LogP) is 2.17. The van der Waals surface area contributed by atoms with E-state index in [4.69, 9.17) is 18.9 Å². The van der Waals surface area contributed by atoms with Gasteiger partial charge in [0.1, 0.15) is 11.2 Å². The molecule has 7 nitrogen and oxygen atoms in total. The Hall–Kier alpha value is -1.89. The highest BCUT2D eigenvalue weighted by Crippen LogP contribution is 2.59. The van der Waals surface area contributed by atoms with Gasteiger partial charge in [0.15, 0.2) is 0 Å². The van der Waals surface area contributed by atoms with Crippen LogP contribution in [0.2, 0.25) is 0 Å². The number of carbonyl (C=O) groups excluding carboxylic acids is 3. The fourth-order valence-corrected chi connectivity index (χ4v) is 5.95. The summed E-state index contributed by atoms with van der Waals surface area (Å²) in [4.78, 5) is 36.4. The number of cyclic esters (lactones) is 2. The van der Waals surface area contributed by atoms with Gasteiger partial charge in [0, 0.05) is 11.8 Å². The molecule has 3 saturated heterocycles. The van der Waals surface area contributed by atoms with Crippen molar-refractivity contribution in [2.24, 2.45) is 23.7 Å².